The second-order valence-corrected chi connectivity index (χ2v) is 10.6. The van der Waals surface area contributed by atoms with Crippen molar-refractivity contribution in [2.75, 3.05) is 19.8 Å². The van der Waals surface area contributed by atoms with Crippen molar-refractivity contribution >= 4 is 27.6 Å². The summed E-state index contributed by atoms with van der Waals surface area (Å²) in [5.41, 5.74) is 7.88. The van der Waals surface area contributed by atoms with Crippen molar-refractivity contribution in [3.63, 3.8) is 0 Å². The van der Waals surface area contributed by atoms with Crippen LogP contribution in [0, 0.1) is 6.92 Å². The lowest BCUT2D eigenvalue weighted by molar-refractivity contribution is 0.0513. The topological polar surface area (TPSA) is 78.4 Å². The van der Waals surface area contributed by atoms with Crippen LogP contribution in [0.1, 0.15) is 53.3 Å². The second kappa shape index (κ2) is 12.2. The number of aryl methyl sites for hydroxylation is 3. The van der Waals surface area contributed by atoms with Crippen molar-refractivity contribution in [2.45, 2.75) is 53.2 Å². The molecule has 7 heteroatoms. The molecule has 0 spiro atoms. The third-order valence-corrected chi connectivity index (χ3v) is 8.01. The Morgan fingerprint density at radius 2 is 1.88 bits per heavy atom. The minimum atomic E-state index is -0.301. The maximum Gasteiger partial charge on any atom is 0.355 e. The fourth-order valence-corrected chi connectivity index (χ4v) is 6.10. The maximum absolute atomic E-state index is 13.6. The van der Waals surface area contributed by atoms with Crippen LogP contribution in [0.3, 0.4) is 0 Å². The molecule has 0 amide bonds. The zero-order valence-corrected chi connectivity index (χ0v) is 24.5. The molecule has 2 aromatic heterocycles. The lowest BCUT2D eigenvalue weighted by Gasteiger charge is -2.14. The van der Waals surface area contributed by atoms with Gasteiger partial charge >= 0.3 is 5.97 Å². The molecule has 3 heterocycles. The van der Waals surface area contributed by atoms with Gasteiger partial charge in [-0.15, -0.1) is 0 Å². The van der Waals surface area contributed by atoms with Crippen LogP contribution in [-0.4, -0.2) is 40.6 Å². The number of carbonyl (C=O) groups excluding carboxylic acids is 1. The molecule has 3 aromatic carbocycles. The first kappa shape index (κ1) is 27.8. The maximum atomic E-state index is 13.6. The second-order valence-electron chi connectivity index (χ2n) is 10.6. The Morgan fingerprint density at radius 1 is 1.02 bits per heavy atom. The Hall–Kier alpha value is -4.36. The van der Waals surface area contributed by atoms with Crippen molar-refractivity contribution in [3.05, 3.63) is 95.0 Å². The number of rotatable bonds is 8. The normalized spacial score (nSPS) is 14.0. The Kier molecular flexibility index (Phi) is 8.11. The van der Waals surface area contributed by atoms with E-state index in [2.05, 4.69) is 65.0 Å². The molecule has 0 bridgehead atoms. The van der Waals surface area contributed by atoms with Gasteiger partial charge in [0.05, 0.1) is 37.6 Å². The van der Waals surface area contributed by atoms with E-state index in [0.29, 0.717) is 45.1 Å². The minimum Gasteiger partial charge on any atom is -0.493 e. The number of hydrogen-bond donors (Lipinski definition) is 1. The first-order valence-corrected chi connectivity index (χ1v) is 14.8. The summed E-state index contributed by atoms with van der Waals surface area (Å²) in [6.45, 7) is 8.36. The summed E-state index contributed by atoms with van der Waals surface area (Å²) in [5.74, 6) is 0.574. The van der Waals surface area contributed by atoms with Gasteiger partial charge in [0.15, 0.2) is 0 Å². The number of esters is 1. The molecule has 0 atom stereocenters. The Morgan fingerprint density at radius 3 is 2.74 bits per heavy atom. The molecule has 6 rings (SSSR count). The third-order valence-electron chi connectivity index (χ3n) is 8.01. The number of fused-ring (bicyclic) bond motifs is 3. The minimum absolute atomic E-state index is 0.301. The van der Waals surface area contributed by atoms with Gasteiger partial charge in [0.2, 0.25) is 0 Å². The number of carbonyl (C=O) groups is 1. The van der Waals surface area contributed by atoms with Crippen molar-refractivity contribution in [2.24, 2.45) is 0 Å². The number of aromatic nitrogens is 3. The number of hydrogen-bond acceptors (Lipinski definition) is 5. The summed E-state index contributed by atoms with van der Waals surface area (Å²) in [5, 5.41) is 11.2. The molecule has 0 radical (unpaired) electrons. The summed E-state index contributed by atoms with van der Waals surface area (Å²) in [6, 6.07) is 18.7. The van der Waals surface area contributed by atoms with Crippen molar-refractivity contribution in [1.82, 2.24) is 14.8 Å². The molecule has 0 saturated heterocycles. The van der Waals surface area contributed by atoms with E-state index in [1.807, 2.05) is 37.3 Å². The molecule has 7 nitrogen and oxygen atoms in total. The quantitative estimate of drug-likeness (QED) is 0.122. The molecule has 0 aliphatic carbocycles. The predicted octanol–water partition coefficient (Wildman–Crippen LogP) is 7.33. The van der Waals surface area contributed by atoms with Crippen LogP contribution in [0.15, 0.2) is 66.7 Å². The first-order valence-electron chi connectivity index (χ1n) is 14.8. The molecule has 216 valence electrons. The Balaban J connectivity index is 1.45. The van der Waals surface area contributed by atoms with Gasteiger partial charge in [0, 0.05) is 34.1 Å². The molecule has 1 aliphatic rings. The van der Waals surface area contributed by atoms with Crippen LogP contribution in [0.25, 0.3) is 32.8 Å². The summed E-state index contributed by atoms with van der Waals surface area (Å²) < 4.78 is 20.0. The summed E-state index contributed by atoms with van der Waals surface area (Å²) >= 11 is 0. The fourth-order valence-electron chi connectivity index (χ4n) is 6.10. The molecular weight excluding hydrogens is 526 g/mol. The van der Waals surface area contributed by atoms with Crippen LogP contribution in [0.4, 0.5) is 0 Å². The van der Waals surface area contributed by atoms with E-state index in [0.717, 1.165) is 73.9 Å². The number of benzene rings is 3. The zero-order valence-electron chi connectivity index (χ0n) is 24.5. The third kappa shape index (κ3) is 5.09. The number of H-pyrrole nitrogens is 1. The SMILES string of the molecule is CCOC(=O)c1c(CCCOc2cccc3ccccc23)c2ccc(C)c3c2n1C/C=C\COCc1n[nH]c(CC)c1-3. The van der Waals surface area contributed by atoms with E-state index >= 15 is 0 Å². The van der Waals surface area contributed by atoms with Gasteiger partial charge in [0.25, 0.3) is 0 Å². The number of ether oxygens (including phenoxy) is 3. The summed E-state index contributed by atoms with van der Waals surface area (Å²) in [4.78, 5) is 13.6. The lowest BCUT2D eigenvalue weighted by Crippen LogP contribution is -2.14. The molecule has 1 N–H and O–H groups in total. The first-order chi connectivity index (χ1) is 20.6. The average molecular weight is 564 g/mol. The van der Waals surface area contributed by atoms with Gasteiger partial charge in [-0.2, -0.15) is 5.10 Å². The monoisotopic (exact) mass is 563 g/mol. The summed E-state index contributed by atoms with van der Waals surface area (Å²) in [6.07, 6.45) is 6.31. The van der Waals surface area contributed by atoms with Crippen LogP contribution < -0.4 is 4.74 Å². The highest BCUT2D eigenvalue weighted by Crippen LogP contribution is 2.40. The van der Waals surface area contributed by atoms with Gasteiger partial charge in [-0.3, -0.25) is 5.10 Å². The van der Waals surface area contributed by atoms with Gasteiger partial charge in [0.1, 0.15) is 11.4 Å². The van der Waals surface area contributed by atoms with Crippen molar-refractivity contribution < 1.29 is 19.0 Å². The number of nitrogens with zero attached hydrogens (tertiary/aromatic N) is 2. The average Bonchev–Trinajstić information content (AvgIpc) is 3.54. The van der Waals surface area contributed by atoms with Gasteiger partial charge in [-0.1, -0.05) is 67.6 Å². The molecule has 0 unspecified atom stereocenters. The molecule has 5 aromatic rings. The molecule has 1 aliphatic heterocycles. The Labute approximate surface area is 246 Å². The van der Waals surface area contributed by atoms with Crippen molar-refractivity contribution in [1.29, 1.82) is 0 Å². The van der Waals surface area contributed by atoms with Crippen LogP contribution in [0.2, 0.25) is 0 Å². The highest BCUT2D eigenvalue weighted by molar-refractivity contribution is 6.05. The largest absolute Gasteiger partial charge is 0.493 e. The molecule has 0 saturated carbocycles. The van der Waals surface area contributed by atoms with Gasteiger partial charge in [-0.25, -0.2) is 4.79 Å². The number of aromatic amines is 1. The Bertz CT molecular complexity index is 1770. The fraction of sp³-hybridized carbons (Fsp3) is 0.314. The van der Waals surface area contributed by atoms with E-state index in [9.17, 15) is 4.79 Å². The van der Waals surface area contributed by atoms with Crippen molar-refractivity contribution in [3.8, 4) is 16.9 Å². The highest BCUT2D eigenvalue weighted by Gasteiger charge is 2.28. The molecule has 42 heavy (non-hydrogen) atoms. The van der Waals surface area contributed by atoms with E-state index in [4.69, 9.17) is 14.2 Å². The smallest absolute Gasteiger partial charge is 0.355 e. The van der Waals surface area contributed by atoms with E-state index < -0.39 is 0 Å². The molecular formula is C35H37N3O4. The number of allylic oxidation sites excluding steroid dienone is 1. The summed E-state index contributed by atoms with van der Waals surface area (Å²) in [7, 11) is 0. The van der Waals surface area contributed by atoms with Gasteiger partial charge < -0.3 is 18.8 Å². The number of nitrogens with one attached hydrogen (secondary N) is 1. The van der Waals surface area contributed by atoms with Crippen LogP contribution >= 0.6 is 0 Å². The van der Waals surface area contributed by atoms with Crippen LogP contribution in [0.5, 0.6) is 5.75 Å². The highest BCUT2D eigenvalue weighted by atomic mass is 16.5. The molecule has 0 fully saturated rings. The predicted molar refractivity (Wildman–Crippen MR) is 166 cm³/mol. The zero-order chi connectivity index (χ0) is 29.1. The van der Waals surface area contributed by atoms with Gasteiger partial charge in [-0.05, 0) is 55.7 Å². The standard InChI is InChI=1S/C35H37N3O4/c1-4-28-32-29(37-36-28)22-40-20-9-8-19-38-33-27(18-17-23(3)31(32)33)26(34(38)35(39)41-5-2)15-11-21-42-30-16-10-13-24-12-6-7-14-25(24)30/h6-10,12-14,16-18H,4-5,11,15,19-22H2,1-3H3,(H,36,37)/b9-8-. The van der Waals surface area contributed by atoms with E-state index in [-0.39, 0.29) is 5.97 Å². The van der Waals surface area contributed by atoms with Crippen LogP contribution in [-0.2, 0) is 35.5 Å². The lowest BCUT2D eigenvalue weighted by atomic mass is 9.93. The van der Waals surface area contributed by atoms with E-state index in [1.54, 1.807) is 0 Å². The van der Waals surface area contributed by atoms with E-state index in [1.165, 1.54) is 0 Å².